The molecule has 3 aromatic rings. The number of amides is 2. The average molecular weight is 365 g/mol. The number of alkyl carbamates (subject to hydrolysis) is 1. The van der Waals surface area contributed by atoms with E-state index in [1.54, 1.807) is 0 Å². The SMILES string of the molecule is O=C(NC(Cc1ccccc1)C(=O)Nc1ncn[nH]1)OCc1ccccc1. The molecule has 138 valence electrons. The van der Waals surface area contributed by atoms with Gasteiger partial charge in [-0.05, 0) is 11.1 Å². The highest BCUT2D eigenvalue weighted by molar-refractivity contribution is 5.95. The zero-order valence-corrected chi connectivity index (χ0v) is 14.5. The van der Waals surface area contributed by atoms with Gasteiger partial charge in [-0.25, -0.2) is 9.89 Å². The lowest BCUT2D eigenvalue weighted by Gasteiger charge is -2.17. The Balaban J connectivity index is 1.63. The molecule has 27 heavy (non-hydrogen) atoms. The molecule has 0 fully saturated rings. The lowest BCUT2D eigenvalue weighted by Crippen LogP contribution is -2.45. The van der Waals surface area contributed by atoms with E-state index in [0.29, 0.717) is 6.42 Å². The van der Waals surface area contributed by atoms with Gasteiger partial charge in [-0.3, -0.25) is 10.1 Å². The second-order valence-corrected chi connectivity index (χ2v) is 5.77. The number of nitrogens with one attached hydrogen (secondary N) is 3. The van der Waals surface area contributed by atoms with Crippen molar-refractivity contribution < 1.29 is 14.3 Å². The molecule has 0 aliphatic rings. The Morgan fingerprint density at radius 1 is 1.00 bits per heavy atom. The van der Waals surface area contributed by atoms with Gasteiger partial charge in [0.2, 0.25) is 11.9 Å². The topological polar surface area (TPSA) is 109 Å². The van der Waals surface area contributed by atoms with Crippen molar-refractivity contribution >= 4 is 17.9 Å². The maximum atomic E-state index is 12.6. The highest BCUT2D eigenvalue weighted by Gasteiger charge is 2.23. The van der Waals surface area contributed by atoms with E-state index in [1.807, 2.05) is 60.7 Å². The summed E-state index contributed by atoms with van der Waals surface area (Å²) in [5, 5.41) is 11.4. The minimum atomic E-state index is -0.833. The maximum Gasteiger partial charge on any atom is 0.408 e. The largest absolute Gasteiger partial charge is 0.445 e. The third kappa shape index (κ3) is 5.67. The first-order chi connectivity index (χ1) is 13.2. The van der Waals surface area contributed by atoms with Gasteiger partial charge in [0.1, 0.15) is 19.0 Å². The molecule has 0 spiro atoms. The summed E-state index contributed by atoms with van der Waals surface area (Å²) in [4.78, 5) is 28.6. The first-order valence-electron chi connectivity index (χ1n) is 8.38. The average Bonchev–Trinajstić information content (AvgIpc) is 3.20. The number of nitrogens with zero attached hydrogens (tertiary/aromatic N) is 2. The van der Waals surface area contributed by atoms with Gasteiger partial charge in [0.15, 0.2) is 0 Å². The maximum absolute atomic E-state index is 12.6. The summed E-state index contributed by atoms with van der Waals surface area (Å²) in [6.45, 7) is 0.119. The van der Waals surface area contributed by atoms with Gasteiger partial charge in [-0.1, -0.05) is 60.7 Å². The summed E-state index contributed by atoms with van der Waals surface area (Å²) in [7, 11) is 0. The van der Waals surface area contributed by atoms with Gasteiger partial charge >= 0.3 is 6.09 Å². The highest BCUT2D eigenvalue weighted by Crippen LogP contribution is 2.07. The van der Waals surface area contributed by atoms with Crippen LogP contribution in [0.3, 0.4) is 0 Å². The van der Waals surface area contributed by atoms with Crippen LogP contribution in [0.15, 0.2) is 67.0 Å². The van der Waals surface area contributed by atoms with E-state index < -0.39 is 18.0 Å². The number of rotatable bonds is 7. The van der Waals surface area contributed by atoms with Crippen molar-refractivity contribution in [3.05, 3.63) is 78.1 Å². The molecule has 1 heterocycles. The molecular weight excluding hydrogens is 346 g/mol. The molecule has 0 bridgehead atoms. The molecule has 2 amide bonds. The molecule has 1 aromatic heterocycles. The number of ether oxygens (including phenoxy) is 1. The number of benzene rings is 2. The van der Waals surface area contributed by atoms with E-state index >= 15 is 0 Å². The fourth-order valence-electron chi connectivity index (χ4n) is 2.44. The van der Waals surface area contributed by atoms with E-state index in [2.05, 4.69) is 25.8 Å². The van der Waals surface area contributed by atoms with E-state index in [4.69, 9.17) is 4.74 Å². The summed E-state index contributed by atoms with van der Waals surface area (Å²) in [5.74, 6) is -0.218. The van der Waals surface area contributed by atoms with Crippen molar-refractivity contribution in [2.45, 2.75) is 19.1 Å². The fourth-order valence-corrected chi connectivity index (χ4v) is 2.44. The second-order valence-electron chi connectivity index (χ2n) is 5.77. The molecule has 1 unspecified atom stereocenters. The van der Waals surface area contributed by atoms with E-state index in [-0.39, 0.29) is 12.6 Å². The molecule has 3 N–H and O–H groups in total. The number of H-pyrrole nitrogens is 1. The van der Waals surface area contributed by atoms with Crippen LogP contribution >= 0.6 is 0 Å². The lowest BCUT2D eigenvalue weighted by atomic mass is 10.1. The fraction of sp³-hybridized carbons (Fsp3) is 0.158. The van der Waals surface area contributed by atoms with Crippen molar-refractivity contribution in [1.29, 1.82) is 0 Å². The molecule has 8 heteroatoms. The second kappa shape index (κ2) is 9.14. The molecule has 8 nitrogen and oxygen atoms in total. The van der Waals surface area contributed by atoms with Crippen molar-refractivity contribution in [2.75, 3.05) is 5.32 Å². The van der Waals surface area contributed by atoms with Gasteiger partial charge in [0.05, 0.1) is 0 Å². The molecule has 0 radical (unpaired) electrons. The molecule has 0 aliphatic carbocycles. The van der Waals surface area contributed by atoms with Crippen LogP contribution in [0.2, 0.25) is 0 Å². The third-order valence-electron chi connectivity index (χ3n) is 3.76. The van der Waals surface area contributed by atoms with Crippen LogP contribution in [0.1, 0.15) is 11.1 Å². The number of hydrogen-bond acceptors (Lipinski definition) is 5. The Labute approximate surface area is 156 Å². The molecule has 2 aromatic carbocycles. The quantitative estimate of drug-likeness (QED) is 0.595. The molecule has 0 saturated heterocycles. The Hall–Kier alpha value is -3.68. The normalized spacial score (nSPS) is 11.4. The molecule has 0 aliphatic heterocycles. The predicted octanol–water partition coefficient (Wildman–Crippen LogP) is 2.28. The number of aromatic amines is 1. The van der Waals surface area contributed by atoms with Gasteiger partial charge in [-0.15, -0.1) is 0 Å². The van der Waals surface area contributed by atoms with Crippen LogP contribution in [0, 0.1) is 0 Å². The molecule has 0 saturated carbocycles. The van der Waals surface area contributed by atoms with Crippen LogP contribution in [-0.2, 0) is 22.6 Å². The molecule has 1 atom stereocenters. The van der Waals surface area contributed by atoms with Gasteiger partial charge in [-0.2, -0.15) is 10.1 Å². The summed E-state index contributed by atoms with van der Waals surface area (Å²) in [6, 6.07) is 17.9. The van der Waals surface area contributed by atoms with E-state index in [9.17, 15) is 9.59 Å². The van der Waals surface area contributed by atoms with Crippen molar-refractivity contribution in [3.63, 3.8) is 0 Å². The Bertz CT molecular complexity index is 854. The number of anilines is 1. The summed E-state index contributed by atoms with van der Waals surface area (Å²) < 4.78 is 5.22. The zero-order chi connectivity index (χ0) is 18.9. The zero-order valence-electron chi connectivity index (χ0n) is 14.5. The van der Waals surface area contributed by atoms with E-state index in [0.717, 1.165) is 11.1 Å². The van der Waals surface area contributed by atoms with Crippen LogP contribution in [-0.4, -0.2) is 33.2 Å². The first-order valence-corrected chi connectivity index (χ1v) is 8.38. The van der Waals surface area contributed by atoms with Crippen LogP contribution < -0.4 is 10.6 Å². The molecule has 3 rings (SSSR count). The smallest absolute Gasteiger partial charge is 0.408 e. The summed E-state index contributed by atoms with van der Waals surface area (Å²) >= 11 is 0. The first kappa shape index (κ1) is 18.1. The molecular formula is C19H19N5O3. The number of hydrogen-bond donors (Lipinski definition) is 3. The lowest BCUT2D eigenvalue weighted by molar-refractivity contribution is -0.118. The van der Waals surface area contributed by atoms with Crippen molar-refractivity contribution in [1.82, 2.24) is 20.5 Å². The van der Waals surface area contributed by atoms with Gasteiger partial charge < -0.3 is 10.1 Å². The Morgan fingerprint density at radius 2 is 1.67 bits per heavy atom. The standard InChI is InChI=1S/C19H19N5O3/c25-17(23-18-20-13-21-24-18)16(11-14-7-3-1-4-8-14)22-19(26)27-12-15-9-5-2-6-10-15/h1-10,13,16H,11-12H2,(H,22,26)(H2,20,21,23,24,25). The third-order valence-corrected chi connectivity index (χ3v) is 3.76. The van der Waals surface area contributed by atoms with E-state index in [1.165, 1.54) is 6.33 Å². The summed E-state index contributed by atoms with van der Waals surface area (Å²) in [6.07, 6.45) is 0.914. The van der Waals surface area contributed by atoms with Crippen LogP contribution in [0.25, 0.3) is 0 Å². The summed E-state index contributed by atoms with van der Waals surface area (Å²) in [5.41, 5.74) is 1.76. The Kier molecular flexibility index (Phi) is 6.13. The van der Waals surface area contributed by atoms with Gasteiger partial charge in [0, 0.05) is 6.42 Å². The van der Waals surface area contributed by atoms with Crippen molar-refractivity contribution in [2.24, 2.45) is 0 Å². The minimum Gasteiger partial charge on any atom is -0.445 e. The predicted molar refractivity (Wildman–Crippen MR) is 98.7 cm³/mol. The van der Waals surface area contributed by atoms with Crippen molar-refractivity contribution in [3.8, 4) is 0 Å². The van der Waals surface area contributed by atoms with Crippen LogP contribution in [0.4, 0.5) is 10.7 Å². The van der Waals surface area contributed by atoms with Crippen LogP contribution in [0.5, 0.6) is 0 Å². The monoisotopic (exact) mass is 365 g/mol. The Morgan fingerprint density at radius 3 is 2.30 bits per heavy atom. The number of aromatic nitrogens is 3. The highest BCUT2D eigenvalue weighted by atomic mass is 16.5. The number of carbonyl (C=O) groups excluding carboxylic acids is 2. The number of carbonyl (C=O) groups is 2. The minimum absolute atomic E-state index is 0.119. The van der Waals surface area contributed by atoms with Gasteiger partial charge in [0.25, 0.3) is 0 Å².